The molecule has 0 radical (unpaired) electrons. The SMILES string of the molecule is CONc1cc(C2CC2)c(Cl)cc1I. The Bertz CT molecular complexity index is 352. The lowest BCUT2D eigenvalue weighted by Gasteiger charge is -2.10. The zero-order valence-corrected chi connectivity index (χ0v) is 10.7. The lowest BCUT2D eigenvalue weighted by atomic mass is 10.1. The van der Waals surface area contributed by atoms with Crippen molar-refractivity contribution in [3.05, 3.63) is 26.3 Å². The van der Waals surface area contributed by atoms with Crippen LogP contribution in [-0.2, 0) is 4.84 Å². The van der Waals surface area contributed by atoms with E-state index in [1.165, 1.54) is 18.4 Å². The average Bonchev–Trinajstić information content (AvgIpc) is 2.93. The third-order valence-corrected chi connectivity index (χ3v) is 3.54. The number of benzene rings is 1. The van der Waals surface area contributed by atoms with Crippen molar-refractivity contribution in [2.45, 2.75) is 18.8 Å². The minimum atomic E-state index is 0.664. The molecule has 0 spiro atoms. The van der Waals surface area contributed by atoms with Gasteiger partial charge in [-0.25, -0.2) is 0 Å². The Balaban J connectivity index is 2.35. The van der Waals surface area contributed by atoms with Crippen LogP contribution in [0.25, 0.3) is 0 Å². The second-order valence-corrected chi connectivity index (χ2v) is 5.00. The van der Waals surface area contributed by atoms with E-state index in [1.807, 2.05) is 6.07 Å². The fourth-order valence-electron chi connectivity index (χ4n) is 1.46. The molecular weight excluding hydrogens is 312 g/mol. The van der Waals surface area contributed by atoms with Crippen LogP contribution < -0.4 is 5.48 Å². The molecule has 1 aliphatic carbocycles. The maximum Gasteiger partial charge on any atom is 0.0741 e. The molecule has 2 nitrogen and oxygen atoms in total. The standard InChI is InChI=1S/C10H11ClINO/c1-14-13-10-4-7(6-2-3-6)8(11)5-9(10)12/h4-6,13H,2-3H2,1H3. The Morgan fingerprint density at radius 2 is 2.21 bits per heavy atom. The number of hydrogen-bond acceptors (Lipinski definition) is 2. The summed E-state index contributed by atoms with van der Waals surface area (Å²) in [6.45, 7) is 0. The van der Waals surface area contributed by atoms with E-state index >= 15 is 0 Å². The molecular formula is C10H11ClINO. The normalized spacial score (nSPS) is 15.6. The summed E-state index contributed by atoms with van der Waals surface area (Å²) in [6.07, 6.45) is 2.51. The number of nitrogens with one attached hydrogen (secondary N) is 1. The van der Waals surface area contributed by atoms with Crippen molar-refractivity contribution >= 4 is 39.9 Å². The Labute approximate surface area is 102 Å². The number of anilines is 1. The molecule has 0 amide bonds. The average molecular weight is 324 g/mol. The molecule has 0 heterocycles. The molecule has 1 fully saturated rings. The molecule has 0 unspecified atom stereocenters. The van der Waals surface area contributed by atoms with Gasteiger partial charge in [0.2, 0.25) is 0 Å². The van der Waals surface area contributed by atoms with Gasteiger partial charge in [-0.3, -0.25) is 10.3 Å². The van der Waals surface area contributed by atoms with Gasteiger partial charge in [0.15, 0.2) is 0 Å². The van der Waals surface area contributed by atoms with E-state index < -0.39 is 0 Å². The smallest absolute Gasteiger partial charge is 0.0741 e. The first kappa shape index (κ1) is 10.5. The molecule has 1 aromatic carbocycles. The molecule has 0 bridgehead atoms. The largest absolute Gasteiger partial charge is 0.279 e. The van der Waals surface area contributed by atoms with Crippen molar-refractivity contribution < 1.29 is 4.84 Å². The molecule has 1 N–H and O–H groups in total. The molecule has 2 rings (SSSR count). The van der Waals surface area contributed by atoms with Crippen molar-refractivity contribution in [3.63, 3.8) is 0 Å². The quantitative estimate of drug-likeness (QED) is 0.675. The van der Waals surface area contributed by atoms with E-state index in [9.17, 15) is 0 Å². The van der Waals surface area contributed by atoms with Crippen LogP contribution in [-0.4, -0.2) is 7.11 Å². The Kier molecular flexibility index (Phi) is 3.19. The van der Waals surface area contributed by atoms with Crippen LogP contribution in [0.15, 0.2) is 12.1 Å². The van der Waals surface area contributed by atoms with E-state index in [2.05, 4.69) is 34.1 Å². The maximum atomic E-state index is 6.16. The fraction of sp³-hybridized carbons (Fsp3) is 0.400. The molecule has 1 aliphatic rings. The Morgan fingerprint density at radius 3 is 2.79 bits per heavy atom. The summed E-state index contributed by atoms with van der Waals surface area (Å²) in [7, 11) is 1.61. The van der Waals surface area contributed by atoms with Gasteiger partial charge in [-0.05, 0) is 59.0 Å². The van der Waals surface area contributed by atoms with E-state index in [1.54, 1.807) is 7.11 Å². The van der Waals surface area contributed by atoms with Crippen LogP contribution in [0.4, 0.5) is 5.69 Å². The van der Waals surface area contributed by atoms with Crippen LogP contribution in [0.5, 0.6) is 0 Å². The van der Waals surface area contributed by atoms with Gasteiger partial charge < -0.3 is 0 Å². The molecule has 0 atom stereocenters. The van der Waals surface area contributed by atoms with Crippen LogP contribution in [0.3, 0.4) is 0 Å². The third-order valence-electron chi connectivity index (χ3n) is 2.32. The molecule has 0 saturated heterocycles. The molecule has 1 saturated carbocycles. The fourth-order valence-corrected chi connectivity index (χ4v) is 2.54. The lowest BCUT2D eigenvalue weighted by Crippen LogP contribution is -1.99. The second-order valence-electron chi connectivity index (χ2n) is 3.43. The summed E-state index contributed by atoms with van der Waals surface area (Å²) in [5, 5.41) is 0.874. The Hall–Kier alpha value is -0.000000000000000111. The monoisotopic (exact) mass is 323 g/mol. The topological polar surface area (TPSA) is 21.3 Å². The van der Waals surface area contributed by atoms with Gasteiger partial charge in [0, 0.05) is 8.59 Å². The zero-order chi connectivity index (χ0) is 10.1. The van der Waals surface area contributed by atoms with Gasteiger partial charge in [0.25, 0.3) is 0 Å². The molecule has 4 heteroatoms. The summed E-state index contributed by atoms with van der Waals surface area (Å²) in [5.41, 5.74) is 5.10. The highest BCUT2D eigenvalue weighted by Crippen LogP contribution is 2.44. The van der Waals surface area contributed by atoms with E-state index in [-0.39, 0.29) is 0 Å². The van der Waals surface area contributed by atoms with Gasteiger partial charge in [-0.15, -0.1) is 0 Å². The van der Waals surface area contributed by atoms with Gasteiger partial charge in [-0.1, -0.05) is 11.6 Å². The second kappa shape index (κ2) is 4.24. The van der Waals surface area contributed by atoms with E-state index in [4.69, 9.17) is 16.4 Å². The van der Waals surface area contributed by atoms with Crippen molar-refractivity contribution in [2.24, 2.45) is 0 Å². The van der Waals surface area contributed by atoms with Crippen molar-refractivity contribution in [1.29, 1.82) is 0 Å². The van der Waals surface area contributed by atoms with E-state index in [0.29, 0.717) is 5.92 Å². The summed E-state index contributed by atoms with van der Waals surface area (Å²) in [4.78, 5) is 4.91. The first-order chi connectivity index (χ1) is 6.72. The number of rotatable bonds is 3. The number of hydrogen-bond donors (Lipinski definition) is 1. The highest BCUT2D eigenvalue weighted by atomic mass is 127. The third kappa shape index (κ3) is 2.15. The summed E-state index contributed by atoms with van der Waals surface area (Å²) >= 11 is 8.41. The number of halogens is 2. The zero-order valence-electron chi connectivity index (χ0n) is 7.81. The summed E-state index contributed by atoms with van der Waals surface area (Å²) < 4.78 is 1.08. The first-order valence-electron chi connectivity index (χ1n) is 4.50. The Morgan fingerprint density at radius 1 is 1.50 bits per heavy atom. The molecule has 0 aromatic heterocycles. The minimum absolute atomic E-state index is 0.664. The van der Waals surface area contributed by atoms with Crippen LogP contribution >= 0.6 is 34.2 Å². The van der Waals surface area contributed by atoms with Crippen LogP contribution in [0.1, 0.15) is 24.3 Å². The van der Waals surface area contributed by atoms with Crippen molar-refractivity contribution in [2.75, 3.05) is 12.6 Å². The highest BCUT2D eigenvalue weighted by molar-refractivity contribution is 14.1. The maximum absolute atomic E-state index is 6.16. The predicted octanol–water partition coefficient (Wildman–Crippen LogP) is 3.80. The van der Waals surface area contributed by atoms with Gasteiger partial charge in [-0.2, -0.15) is 0 Å². The molecule has 76 valence electrons. The summed E-state index contributed by atoms with van der Waals surface area (Å²) in [5.74, 6) is 0.664. The van der Waals surface area contributed by atoms with Crippen LogP contribution in [0, 0.1) is 3.57 Å². The van der Waals surface area contributed by atoms with Crippen molar-refractivity contribution in [3.8, 4) is 0 Å². The van der Waals surface area contributed by atoms with Gasteiger partial charge >= 0.3 is 0 Å². The van der Waals surface area contributed by atoms with Crippen LogP contribution in [0.2, 0.25) is 5.02 Å². The van der Waals surface area contributed by atoms with E-state index in [0.717, 1.165) is 14.3 Å². The highest BCUT2D eigenvalue weighted by Gasteiger charge is 2.26. The van der Waals surface area contributed by atoms with Crippen molar-refractivity contribution in [1.82, 2.24) is 0 Å². The van der Waals surface area contributed by atoms with Gasteiger partial charge in [0.1, 0.15) is 0 Å². The lowest BCUT2D eigenvalue weighted by molar-refractivity contribution is 0.270. The summed E-state index contributed by atoms with van der Waals surface area (Å²) in [6, 6.07) is 4.07. The first-order valence-corrected chi connectivity index (χ1v) is 5.96. The molecule has 0 aliphatic heterocycles. The molecule has 14 heavy (non-hydrogen) atoms. The molecule has 1 aromatic rings. The predicted molar refractivity (Wildman–Crippen MR) is 66.8 cm³/mol. The minimum Gasteiger partial charge on any atom is -0.279 e. The van der Waals surface area contributed by atoms with Gasteiger partial charge in [0.05, 0.1) is 12.8 Å².